The van der Waals surface area contributed by atoms with E-state index in [1.54, 1.807) is 12.8 Å². The minimum atomic E-state index is 0.588. The molecule has 0 aliphatic heterocycles. The van der Waals surface area contributed by atoms with Crippen LogP contribution in [0, 0.1) is 82.3 Å². The van der Waals surface area contributed by atoms with Crippen LogP contribution in [0.1, 0.15) is 75.2 Å². The second-order valence-corrected chi connectivity index (χ2v) is 12.1. The lowest BCUT2D eigenvalue weighted by Crippen LogP contribution is -2.52. The zero-order chi connectivity index (χ0) is 18.4. The van der Waals surface area contributed by atoms with Crippen molar-refractivity contribution < 1.29 is 0 Å². The van der Waals surface area contributed by atoms with E-state index in [0.29, 0.717) is 5.41 Å². The Morgan fingerprint density at radius 1 is 0.760 bits per heavy atom. The predicted octanol–water partition coefficient (Wildman–Crippen LogP) is 7.00. The van der Waals surface area contributed by atoms with Gasteiger partial charge in [-0.25, -0.2) is 0 Å². The van der Waals surface area contributed by atoms with Crippen LogP contribution in [-0.4, -0.2) is 0 Å². The van der Waals surface area contributed by atoms with Crippen LogP contribution >= 0.6 is 0 Å². The molecule has 12 unspecified atom stereocenters. The molecular weight excluding hydrogens is 300 g/mol. The molecule has 0 radical (unpaired) electrons. The lowest BCUT2D eigenvalue weighted by Gasteiger charge is -2.60. The smallest absolute Gasteiger partial charge is 0.0287 e. The molecule has 0 aromatic carbocycles. The van der Waals surface area contributed by atoms with Gasteiger partial charge in [-0.05, 0) is 95.2 Å². The molecule has 0 nitrogen and oxygen atoms in total. The molecule has 4 saturated carbocycles. The van der Waals surface area contributed by atoms with E-state index < -0.39 is 0 Å². The summed E-state index contributed by atoms with van der Waals surface area (Å²) in [7, 11) is 0. The molecule has 0 spiro atoms. The molecule has 144 valence electrons. The van der Waals surface area contributed by atoms with Crippen molar-refractivity contribution in [2.45, 2.75) is 75.2 Å². The van der Waals surface area contributed by atoms with Gasteiger partial charge in [0.2, 0.25) is 0 Å². The van der Waals surface area contributed by atoms with E-state index in [4.69, 9.17) is 0 Å². The Hall–Kier alpha value is 0. The maximum absolute atomic E-state index is 2.63. The number of hydrogen-bond acceptors (Lipinski definition) is 0. The summed E-state index contributed by atoms with van der Waals surface area (Å²) < 4.78 is 0. The van der Waals surface area contributed by atoms with Gasteiger partial charge in [0, 0.05) is 0 Å². The van der Waals surface area contributed by atoms with E-state index in [9.17, 15) is 0 Å². The summed E-state index contributed by atoms with van der Waals surface area (Å²) in [6.07, 6.45) is 3.11. The lowest BCUT2D eigenvalue weighted by molar-refractivity contribution is -0.107. The van der Waals surface area contributed by atoms with Crippen molar-refractivity contribution in [3.05, 3.63) is 0 Å². The van der Waals surface area contributed by atoms with Gasteiger partial charge in [-0.2, -0.15) is 0 Å². The molecular formula is C25H44. The monoisotopic (exact) mass is 344 g/mol. The SMILES string of the molecule is CC(C)C1C(C(C)C(C)C2C(C)C2C(C)C2CC3C(C)CC32)C1(C)C. The summed E-state index contributed by atoms with van der Waals surface area (Å²) in [5, 5.41) is 0. The minimum Gasteiger partial charge on any atom is -0.0625 e. The van der Waals surface area contributed by atoms with E-state index in [1.165, 1.54) is 0 Å². The molecule has 12 atom stereocenters. The van der Waals surface area contributed by atoms with E-state index in [0.717, 1.165) is 76.9 Å². The van der Waals surface area contributed by atoms with Crippen LogP contribution < -0.4 is 0 Å². The van der Waals surface area contributed by atoms with Gasteiger partial charge in [0.15, 0.2) is 0 Å². The van der Waals surface area contributed by atoms with Crippen LogP contribution in [0.5, 0.6) is 0 Å². The van der Waals surface area contributed by atoms with Crippen molar-refractivity contribution in [1.82, 2.24) is 0 Å². The maximum Gasteiger partial charge on any atom is -0.0287 e. The summed E-state index contributed by atoms with van der Waals surface area (Å²) in [6, 6.07) is 0. The Balaban J connectivity index is 1.36. The van der Waals surface area contributed by atoms with Crippen molar-refractivity contribution in [1.29, 1.82) is 0 Å². The normalized spacial score (nSPS) is 53.3. The standard InChI is InChI=1S/C25H44/c1-12(2)23-24(25(23,8)9)15(5)14(4)21-17(7)22(21)16(6)19-11-18-13(3)10-20(18)19/h12-24H,10-11H2,1-9H3. The van der Waals surface area contributed by atoms with E-state index in [-0.39, 0.29) is 0 Å². The molecule has 0 aromatic heterocycles. The third-order valence-corrected chi connectivity index (χ3v) is 10.5. The first-order chi connectivity index (χ1) is 11.6. The van der Waals surface area contributed by atoms with Crippen LogP contribution in [-0.2, 0) is 0 Å². The zero-order valence-corrected chi connectivity index (χ0v) is 18.4. The summed E-state index contributed by atoms with van der Waals surface area (Å²) in [4.78, 5) is 0. The third-order valence-electron chi connectivity index (χ3n) is 10.5. The second kappa shape index (κ2) is 5.75. The first kappa shape index (κ1) is 18.4. The van der Waals surface area contributed by atoms with Gasteiger partial charge in [0.05, 0.1) is 0 Å². The first-order valence-corrected chi connectivity index (χ1v) is 11.6. The van der Waals surface area contributed by atoms with E-state index in [1.807, 2.05) is 0 Å². The Labute approximate surface area is 157 Å². The summed E-state index contributed by atoms with van der Waals surface area (Å²) in [5.41, 5.74) is 0.588. The zero-order valence-electron chi connectivity index (χ0n) is 18.4. The summed E-state index contributed by atoms with van der Waals surface area (Å²) >= 11 is 0. The molecule has 0 heteroatoms. The van der Waals surface area contributed by atoms with Crippen molar-refractivity contribution in [2.24, 2.45) is 82.3 Å². The highest BCUT2D eigenvalue weighted by Gasteiger charge is 2.65. The van der Waals surface area contributed by atoms with E-state index >= 15 is 0 Å². The molecule has 0 saturated heterocycles. The average molecular weight is 345 g/mol. The Morgan fingerprint density at radius 3 is 1.84 bits per heavy atom. The first-order valence-electron chi connectivity index (χ1n) is 11.6. The minimum absolute atomic E-state index is 0.588. The van der Waals surface area contributed by atoms with Crippen LogP contribution in [0.4, 0.5) is 0 Å². The maximum atomic E-state index is 2.63. The van der Waals surface area contributed by atoms with Crippen molar-refractivity contribution in [2.75, 3.05) is 0 Å². The van der Waals surface area contributed by atoms with Crippen LogP contribution in [0.25, 0.3) is 0 Å². The van der Waals surface area contributed by atoms with Gasteiger partial charge < -0.3 is 0 Å². The Morgan fingerprint density at radius 2 is 1.40 bits per heavy atom. The highest BCUT2D eigenvalue weighted by molar-refractivity contribution is 5.12. The number of rotatable bonds is 6. The van der Waals surface area contributed by atoms with Crippen LogP contribution in [0.3, 0.4) is 0 Å². The molecule has 4 fully saturated rings. The van der Waals surface area contributed by atoms with E-state index in [2.05, 4.69) is 62.3 Å². The highest BCUT2D eigenvalue weighted by atomic mass is 14.7. The molecule has 0 heterocycles. The molecule has 0 amide bonds. The molecule has 4 aliphatic carbocycles. The van der Waals surface area contributed by atoms with Crippen molar-refractivity contribution in [3.8, 4) is 0 Å². The Bertz CT molecular complexity index is 516. The van der Waals surface area contributed by atoms with Crippen molar-refractivity contribution in [3.63, 3.8) is 0 Å². The average Bonchev–Trinajstić information content (AvgIpc) is 3.34. The van der Waals surface area contributed by atoms with Crippen LogP contribution in [0.15, 0.2) is 0 Å². The third kappa shape index (κ3) is 2.51. The lowest BCUT2D eigenvalue weighted by atomic mass is 9.45. The number of hydrogen-bond donors (Lipinski definition) is 0. The summed E-state index contributed by atoms with van der Waals surface area (Å²) in [6.45, 7) is 22.9. The fraction of sp³-hybridized carbons (Fsp3) is 1.00. The molecule has 0 bridgehead atoms. The molecule has 0 N–H and O–H groups in total. The Kier molecular flexibility index (Phi) is 4.22. The van der Waals surface area contributed by atoms with Crippen LogP contribution in [0.2, 0.25) is 0 Å². The van der Waals surface area contributed by atoms with Crippen molar-refractivity contribution >= 4 is 0 Å². The summed E-state index contributed by atoms with van der Waals surface area (Å²) in [5.74, 6) is 13.0. The molecule has 0 aromatic rings. The van der Waals surface area contributed by atoms with Gasteiger partial charge in [0.1, 0.15) is 0 Å². The number of fused-ring (bicyclic) bond motifs is 1. The van der Waals surface area contributed by atoms with Gasteiger partial charge in [-0.3, -0.25) is 0 Å². The fourth-order valence-corrected chi connectivity index (χ4v) is 8.95. The highest BCUT2D eigenvalue weighted by Crippen LogP contribution is 2.70. The predicted molar refractivity (Wildman–Crippen MR) is 108 cm³/mol. The topological polar surface area (TPSA) is 0 Å². The largest absolute Gasteiger partial charge is 0.0625 e. The molecule has 4 aliphatic rings. The quantitative estimate of drug-likeness (QED) is 0.486. The second-order valence-electron chi connectivity index (χ2n) is 12.1. The van der Waals surface area contributed by atoms with Gasteiger partial charge >= 0.3 is 0 Å². The fourth-order valence-electron chi connectivity index (χ4n) is 8.95. The molecule has 25 heavy (non-hydrogen) atoms. The molecule has 4 rings (SSSR count). The van der Waals surface area contributed by atoms with Gasteiger partial charge in [-0.15, -0.1) is 0 Å². The van der Waals surface area contributed by atoms with Gasteiger partial charge in [-0.1, -0.05) is 62.3 Å². The van der Waals surface area contributed by atoms with Gasteiger partial charge in [0.25, 0.3) is 0 Å².